The van der Waals surface area contributed by atoms with Crippen molar-refractivity contribution in [3.05, 3.63) is 78.2 Å². The van der Waals surface area contributed by atoms with Crippen LogP contribution in [0.25, 0.3) is 11.0 Å². The van der Waals surface area contributed by atoms with Gasteiger partial charge in [-0.1, -0.05) is 30.0 Å². The molecule has 0 spiro atoms. The molecule has 3 heterocycles. The fourth-order valence-corrected chi connectivity index (χ4v) is 3.41. The molecule has 0 saturated heterocycles. The van der Waals surface area contributed by atoms with E-state index in [2.05, 4.69) is 15.3 Å². The Balaban J connectivity index is 1.59. The summed E-state index contributed by atoms with van der Waals surface area (Å²) in [6, 6.07) is 13.0. The summed E-state index contributed by atoms with van der Waals surface area (Å²) >= 11 is 1.46. The van der Waals surface area contributed by atoms with Crippen LogP contribution in [0.15, 0.2) is 75.1 Å². The summed E-state index contributed by atoms with van der Waals surface area (Å²) in [6.07, 6.45) is 4.96. The fraction of sp³-hybridized carbons (Fsp3) is 0.105. The average molecular weight is 365 g/mol. The zero-order valence-corrected chi connectivity index (χ0v) is 14.5. The first kappa shape index (κ1) is 16.4. The number of para-hydroxylation sites is 1. The van der Waals surface area contributed by atoms with Crippen molar-refractivity contribution in [1.29, 1.82) is 0 Å². The Morgan fingerprint density at radius 3 is 2.73 bits per heavy atom. The van der Waals surface area contributed by atoms with Crippen molar-refractivity contribution in [2.45, 2.75) is 17.5 Å². The number of benzene rings is 1. The zero-order chi connectivity index (χ0) is 17.8. The number of rotatable bonds is 6. The van der Waals surface area contributed by atoms with Gasteiger partial charge in [-0.2, -0.15) is 0 Å². The van der Waals surface area contributed by atoms with Crippen LogP contribution in [0, 0.1) is 0 Å². The molecule has 4 rings (SSSR count). The molecule has 0 radical (unpaired) electrons. The molecule has 26 heavy (non-hydrogen) atoms. The average Bonchev–Trinajstić information content (AvgIpc) is 3.33. The second-order valence-electron chi connectivity index (χ2n) is 5.49. The number of hydrogen-bond donors (Lipinski definition) is 1. The van der Waals surface area contributed by atoms with Gasteiger partial charge in [-0.15, -0.1) is 0 Å². The van der Waals surface area contributed by atoms with Gasteiger partial charge in [0.2, 0.25) is 0 Å². The number of furan rings is 2. The maximum Gasteiger partial charge on any atom is 0.287 e. The maximum absolute atomic E-state index is 12.7. The van der Waals surface area contributed by atoms with E-state index in [0.717, 1.165) is 10.9 Å². The Morgan fingerprint density at radius 1 is 1.08 bits per heavy atom. The van der Waals surface area contributed by atoms with Crippen LogP contribution in [-0.2, 0) is 12.3 Å². The van der Waals surface area contributed by atoms with Crippen LogP contribution in [-0.4, -0.2) is 15.9 Å². The smallest absolute Gasteiger partial charge is 0.287 e. The molecule has 0 aliphatic heterocycles. The van der Waals surface area contributed by atoms with Crippen molar-refractivity contribution >= 4 is 28.6 Å². The molecule has 6 nitrogen and oxygen atoms in total. The van der Waals surface area contributed by atoms with Gasteiger partial charge in [0.05, 0.1) is 12.8 Å². The molecule has 1 aromatic carbocycles. The van der Waals surface area contributed by atoms with Crippen LogP contribution in [0.3, 0.4) is 0 Å². The predicted octanol–water partition coefficient (Wildman–Crippen LogP) is 4.04. The van der Waals surface area contributed by atoms with E-state index >= 15 is 0 Å². The fourth-order valence-electron chi connectivity index (χ4n) is 2.58. The third kappa shape index (κ3) is 3.48. The summed E-state index contributed by atoms with van der Waals surface area (Å²) in [5.74, 6) is 1.25. The number of thioether (sulfide) groups is 1. The lowest BCUT2D eigenvalue weighted by Gasteiger charge is -2.04. The lowest BCUT2D eigenvalue weighted by Crippen LogP contribution is -2.23. The van der Waals surface area contributed by atoms with Crippen LogP contribution >= 0.6 is 11.8 Å². The molecular weight excluding hydrogens is 350 g/mol. The monoisotopic (exact) mass is 365 g/mol. The van der Waals surface area contributed by atoms with Gasteiger partial charge >= 0.3 is 0 Å². The van der Waals surface area contributed by atoms with E-state index in [1.54, 1.807) is 30.8 Å². The van der Waals surface area contributed by atoms with Crippen LogP contribution in [0.4, 0.5) is 0 Å². The number of carbonyl (C=O) groups is 1. The largest absolute Gasteiger partial charge is 0.467 e. The van der Waals surface area contributed by atoms with Gasteiger partial charge in [0.1, 0.15) is 11.3 Å². The Labute approximate surface area is 153 Å². The van der Waals surface area contributed by atoms with Gasteiger partial charge in [0, 0.05) is 29.1 Å². The summed E-state index contributed by atoms with van der Waals surface area (Å²) in [5.41, 5.74) is 1.51. The number of fused-ring (bicyclic) bond motifs is 1. The third-order valence-corrected chi connectivity index (χ3v) is 4.70. The Morgan fingerprint density at radius 2 is 1.92 bits per heavy atom. The molecule has 0 aliphatic rings. The molecule has 3 aromatic heterocycles. The molecule has 1 N–H and O–H groups in total. The molecule has 0 bridgehead atoms. The maximum atomic E-state index is 12.7. The number of nitrogens with one attached hydrogen (secondary N) is 1. The van der Waals surface area contributed by atoms with Crippen molar-refractivity contribution in [1.82, 2.24) is 15.3 Å². The van der Waals surface area contributed by atoms with E-state index in [1.165, 1.54) is 11.8 Å². The number of amides is 1. The van der Waals surface area contributed by atoms with Gasteiger partial charge in [0.25, 0.3) is 5.91 Å². The normalized spacial score (nSPS) is 10.9. The summed E-state index contributed by atoms with van der Waals surface area (Å²) in [4.78, 5) is 21.1. The Kier molecular flexibility index (Phi) is 4.70. The van der Waals surface area contributed by atoms with Gasteiger partial charge in [-0.3, -0.25) is 4.79 Å². The van der Waals surface area contributed by atoms with Crippen LogP contribution in [0.1, 0.15) is 21.9 Å². The Bertz CT molecular complexity index is 1010. The standard InChI is InChI=1S/C19H15N3O3S/c23-18(22-11-13-5-3-10-24-13)17-15(12-26-19-20-8-4-9-21-19)14-6-1-2-7-16(14)25-17/h1-10H,11-12H2,(H,22,23). The summed E-state index contributed by atoms with van der Waals surface area (Å²) in [7, 11) is 0. The molecule has 0 unspecified atom stereocenters. The summed E-state index contributed by atoms with van der Waals surface area (Å²) < 4.78 is 11.1. The topological polar surface area (TPSA) is 81.2 Å². The van der Waals surface area contributed by atoms with Crippen LogP contribution in [0.2, 0.25) is 0 Å². The van der Waals surface area contributed by atoms with E-state index in [0.29, 0.717) is 34.6 Å². The number of aromatic nitrogens is 2. The van der Waals surface area contributed by atoms with Gasteiger partial charge < -0.3 is 14.2 Å². The van der Waals surface area contributed by atoms with Gasteiger partial charge in [0.15, 0.2) is 10.9 Å². The van der Waals surface area contributed by atoms with Gasteiger partial charge in [-0.05, 0) is 24.3 Å². The molecule has 0 atom stereocenters. The first-order valence-corrected chi connectivity index (χ1v) is 9.00. The van der Waals surface area contributed by atoms with Crippen molar-refractivity contribution < 1.29 is 13.6 Å². The van der Waals surface area contributed by atoms with Crippen molar-refractivity contribution in [3.8, 4) is 0 Å². The lowest BCUT2D eigenvalue weighted by molar-refractivity contribution is 0.0921. The highest BCUT2D eigenvalue weighted by molar-refractivity contribution is 7.98. The van der Waals surface area contributed by atoms with Crippen molar-refractivity contribution in [2.24, 2.45) is 0 Å². The first-order valence-electron chi connectivity index (χ1n) is 8.02. The SMILES string of the molecule is O=C(NCc1ccco1)c1oc2ccccc2c1CSc1ncccn1. The Hall–Kier alpha value is -3.06. The highest BCUT2D eigenvalue weighted by atomic mass is 32.2. The number of carbonyl (C=O) groups excluding carboxylic acids is 1. The zero-order valence-electron chi connectivity index (χ0n) is 13.7. The summed E-state index contributed by atoms with van der Waals surface area (Å²) in [5, 5.41) is 4.40. The molecule has 7 heteroatoms. The first-order chi connectivity index (χ1) is 12.8. The third-order valence-electron chi connectivity index (χ3n) is 3.80. The van der Waals surface area contributed by atoms with Gasteiger partial charge in [-0.25, -0.2) is 9.97 Å². The predicted molar refractivity (Wildman–Crippen MR) is 97.7 cm³/mol. The van der Waals surface area contributed by atoms with Crippen molar-refractivity contribution in [3.63, 3.8) is 0 Å². The molecule has 0 fully saturated rings. The molecular formula is C19H15N3O3S. The minimum absolute atomic E-state index is 0.276. The van der Waals surface area contributed by atoms with E-state index in [-0.39, 0.29) is 5.91 Å². The van der Waals surface area contributed by atoms with Crippen molar-refractivity contribution in [2.75, 3.05) is 0 Å². The lowest BCUT2D eigenvalue weighted by atomic mass is 10.1. The molecule has 0 aliphatic carbocycles. The minimum Gasteiger partial charge on any atom is -0.467 e. The summed E-state index contributed by atoms with van der Waals surface area (Å²) in [6.45, 7) is 0.303. The van der Waals surface area contributed by atoms with E-state index in [1.807, 2.05) is 30.3 Å². The highest BCUT2D eigenvalue weighted by Gasteiger charge is 2.21. The van der Waals surface area contributed by atoms with E-state index in [9.17, 15) is 4.79 Å². The molecule has 4 aromatic rings. The van der Waals surface area contributed by atoms with E-state index in [4.69, 9.17) is 8.83 Å². The van der Waals surface area contributed by atoms with Crippen LogP contribution in [0.5, 0.6) is 0 Å². The van der Waals surface area contributed by atoms with E-state index < -0.39 is 0 Å². The quantitative estimate of drug-likeness (QED) is 0.410. The number of hydrogen-bond acceptors (Lipinski definition) is 6. The minimum atomic E-state index is -0.276. The highest BCUT2D eigenvalue weighted by Crippen LogP contribution is 2.31. The molecule has 1 amide bonds. The molecule has 130 valence electrons. The number of nitrogens with zero attached hydrogens (tertiary/aromatic N) is 2. The van der Waals surface area contributed by atoms with Crippen LogP contribution < -0.4 is 5.32 Å². The molecule has 0 saturated carbocycles. The second kappa shape index (κ2) is 7.45. The second-order valence-corrected chi connectivity index (χ2v) is 6.43.